The Bertz CT molecular complexity index is 610. The number of carboxylic acids is 1. The van der Waals surface area contributed by atoms with Gasteiger partial charge >= 0.3 is 5.97 Å². The fourth-order valence-corrected chi connectivity index (χ4v) is 3.38. The number of carboxylic acid groups (broad SMARTS) is 1. The van der Waals surface area contributed by atoms with Crippen molar-refractivity contribution in [2.45, 2.75) is 39.7 Å². The van der Waals surface area contributed by atoms with Gasteiger partial charge in [0.1, 0.15) is 0 Å². The van der Waals surface area contributed by atoms with E-state index in [0.717, 1.165) is 49.3 Å². The summed E-state index contributed by atoms with van der Waals surface area (Å²) in [6.07, 6.45) is 1.80. The summed E-state index contributed by atoms with van der Waals surface area (Å²) < 4.78 is 0. The topological polar surface area (TPSA) is 72.9 Å². The van der Waals surface area contributed by atoms with Crippen LogP contribution in [0.1, 0.15) is 30.9 Å². The summed E-state index contributed by atoms with van der Waals surface area (Å²) in [5, 5.41) is 12.0. The van der Waals surface area contributed by atoms with E-state index in [4.69, 9.17) is 5.11 Å². The molecule has 6 heteroatoms. The Morgan fingerprint density at radius 2 is 1.96 bits per heavy atom. The van der Waals surface area contributed by atoms with Crippen LogP contribution in [0.2, 0.25) is 0 Å². The molecule has 0 radical (unpaired) electrons. The van der Waals surface area contributed by atoms with Crippen molar-refractivity contribution in [2.24, 2.45) is 0 Å². The lowest BCUT2D eigenvalue weighted by molar-refractivity contribution is -0.139. The van der Waals surface area contributed by atoms with Crippen molar-refractivity contribution in [2.75, 3.05) is 38.0 Å². The van der Waals surface area contributed by atoms with Crippen molar-refractivity contribution in [3.05, 3.63) is 29.3 Å². The lowest BCUT2D eigenvalue weighted by atomic mass is 10.0. The molecule has 0 aromatic heterocycles. The zero-order chi connectivity index (χ0) is 18.4. The Hall–Kier alpha value is -1.92. The molecule has 1 fully saturated rings. The molecule has 0 bridgehead atoms. The number of carbonyl (C=O) groups excluding carboxylic acids is 1. The summed E-state index contributed by atoms with van der Waals surface area (Å²) in [7, 11) is 0. The van der Waals surface area contributed by atoms with E-state index in [1.54, 1.807) is 0 Å². The molecule has 1 aromatic rings. The van der Waals surface area contributed by atoms with Gasteiger partial charge in [0, 0.05) is 24.8 Å². The van der Waals surface area contributed by atoms with Crippen LogP contribution in [-0.2, 0) is 9.59 Å². The summed E-state index contributed by atoms with van der Waals surface area (Å²) in [6.45, 7) is 8.84. The van der Waals surface area contributed by atoms with Crippen LogP contribution in [0.4, 0.5) is 5.69 Å². The van der Waals surface area contributed by atoms with Gasteiger partial charge in [0.15, 0.2) is 0 Å². The third-order valence-corrected chi connectivity index (χ3v) is 4.85. The number of anilines is 1. The Kier molecular flexibility index (Phi) is 6.96. The molecule has 1 aliphatic rings. The van der Waals surface area contributed by atoms with Crippen LogP contribution >= 0.6 is 0 Å². The van der Waals surface area contributed by atoms with E-state index in [1.807, 2.05) is 43.9 Å². The summed E-state index contributed by atoms with van der Waals surface area (Å²) in [5.41, 5.74) is 3.06. The molecule has 0 spiro atoms. The summed E-state index contributed by atoms with van der Waals surface area (Å²) >= 11 is 0. The van der Waals surface area contributed by atoms with Gasteiger partial charge in [-0.15, -0.1) is 0 Å². The third kappa shape index (κ3) is 5.83. The third-order valence-electron chi connectivity index (χ3n) is 4.85. The largest absolute Gasteiger partial charge is 0.480 e. The molecular formula is C19H29N3O3. The Morgan fingerprint density at radius 3 is 2.56 bits per heavy atom. The van der Waals surface area contributed by atoms with Crippen molar-refractivity contribution < 1.29 is 14.7 Å². The Labute approximate surface area is 149 Å². The number of rotatable bonds is 7. The molecule has 0 atom stereocenters. The minimum Gasteiger partial charge on any atom is -0.480 e. The summed E-state index contributed by atoms with van der Waals surface area (Å²) in [6, 6.07) is 6.33. The van der Waals surface area contributed by atoms with Gasteiger partial charge in [0.25, 0.3) is 0 Å². The van der Waals surface area contributed by atoms with Gasteiger partial charge < -0.3 is 10.4 Å². The predicted octanol–water partition coefficient (Wildman–Crippen LogP) is 2.11. The molecule has 2 N–H and O–H groups in total. The van der Waals surface area contributed by atoms with Crippen LogP contribution in [0, 0.1) is 13.8 Å². The number of likely N-dealkylation sites (N-methyl/N-ethyl adjacent to an activating group) is 1. The molecule has 0 unspecified atom stereocenters. The normalized spacial score (nSPS) is 16.2. The van der Waals surface area contributed by atoms with Crippen LogP contribution in [0.5, 0.6) is 0 Å². The number of aryl methyl sites for hydroxylation is 2. The summed E-state index contributed by atoms with van der Waals surface area (Å²) in [4.78, 5) is 27.4. The quantitative estimate of drug-likeness (QED) is 0.790. The van der Waals surface area contributed by atoms with Gasteiger partial charge in [-0.1, -0.05) is 19.1 Å². The van der Waals surface area contributed by atoms with Crippen molar-refractivity contribution in [1.29, 1.82) is 0 Å². The van der Waals surface area contributed by atoms with Crippen molar-refractivity contribution in [1.82, 2.24) is 9.80 Å². The number of nitrogens with zero attached hydrogens (tertiary/aromatic N) is 2. The zero-order valence-electron chi connectivity index (χ0n) is 15.4. The number of likely N-dealkylation sites (tertiary alicyclic amines) is 1. The van der Waals surface area contributed by atoms with Gasteiger partial charge in [0.2, 0.25) is 5.91 Å². The molecule has 1 amide bonds. The van der Waals surface area contributed by atoms with Crippen LogP contribution in [-0.4, -0.2) is 65.5 Å². The van der Waals surface area contributed by atoms with E-state index < -0.39 is 5.97 Å². The number of piperidine rings is 1. The highest BCUT2D eigenvalue weighted by atomic mass is 16.4. The van der Waals surface area contributed by atoms with E-state index in [-0.39, 0.29) is 12.5 Å². The minimum absolute atomic E-state index is 0.00466. The van der Waals surface area contributed by atoms with Crippen molar-refractivity contribution in [3.8, 4) is 0 Å². The Balaban J connectivity index is 1.82. The first kappa shape index (κ1) is 19.4. The van der Waals surface area contributed by atoms with Crippen LogP contribution in [0.15, 0.2) is 18.2 Å². The standard InChI is InChI=1S/C19H29N3O3/c1-4-22(13-19(24)25)16-7-9-21(10-8-16)12-18(23)20-17-11-14(2)5-6-15(17)3/h5-6,11,16H,4,7-10,12-13H2,1-3H3,(H,20,23)(H,24,25). The van der Waals surface area contributed by atoms with Crippen LogP contribution in [0.25, 0.3) is 0 Å². The number of carbonyl (C=O) groups is 2. The van der Waals surface area contributed by atoms with E-state index >= 15 is 0 Å². The van der Waals surface area contributed by atoms with E-state index in [1.165, 1.54) is 0 Å². The molecule has 1 aromatic carbocycles. The molecule has 1 heterocycles. The Morgan fingerprint density at radius 1 is 1.28 bits per heavy atom. The first-order chi connectivity index (χ1) is 11.9. The average Bonchev–Trinajstić information content (AvgIpc) is 2.56. The van der Waals surface area contributed by atoms with Gasteiger partial charge in [-0.05, 0) is 50.4 Å². The van der Waals surface area contributed by atoms with Crippen LogP contribution < -0.4 is 5.32 Å². The molecule has 25 heavy (non-hydrogen) atoms. The fourth-order valence-electron chi connectivity index (χ4n) is 3.38. The maximum atomic E-state index is 12.3. The monoisotopic (exact) mass is 347 g/mol. The van der Waals surface area contributed by atoms with Crippen molar-refractivity contribution in [3.63, 3.8) is 0 Å². The second-order valence-electron chi connectivity index (χ2n) is 6.83. The minimum atomic E-state index is -0.780. The molecule has 0 saturated carbocycles. The number of benzene rings is 1. The van der Waals surface area contributed by atoms with Crippen LogP contribution in [0.3, 0.4) is 0 Å². The highest BCUT2D eigenvalue weighted by molar-refractivity contribution is 5.93. The lowest BCUT2D eigenvalue weighted by Gasteiger charge is -2.37. The molecule has 1 aliphatic heterocycles. The lowest BCUT2D eigenvalue weighted by Crippen LogP contribution is -2.48. The summed E-state index contributed by atoms with van der Waals surface area (Å²) in [5.74, 6) is -0.776. The molecule has 138 valence electrons. The molecular weight excluding hydrogens is 318 g/mol. The fraction of sp³-hybridized carbons (Fsp3) is 0.579. The smallest absolute Gasteiger partial charge is 0.317 e. The number of nitrogens with one attached hydrogen (secondary N) is 1. The average molecular weight is 347 g/mol. The maximum Gasteiger partial charge on any atom is 0.317 e. The van der Waals surface area contributed by atoms with E-state index in [9.17, 15) is 9.59 Å². The molecule has 6 nitrogen and oxygen atoms in total. The van der Waals surface area contributed by atoms with Gasteiger partial charge in [-0.25, -0.2) is 0 Å². The maximum absolute atomic E-state index is 12.3. The van der Waals surface area contributed by atoms with Gasteiger partial charge in [-0.3, -0.25) is 19.4 Å². The molecule has 0 aliphatic carbocycles. The molecule has 1 saturated heterocycles. The van der Waals surface area contributed by atoms with Gasteiger partial charge in [-0.2, -0.15) is 0 Å². The van der Waals surface area contributed by atoms with E-state index in [0.29, 0.717) is 12.6 Å². The number of aliphatic carboxylic acids is 1. The second kappa shape index (κ2) is 8.97. The number of amides is 1. The predicted molar refractivity (Wildman–Crippen MR) is 98.9 cm³/mol. The van der Waals surface area contributed by atoms with Crippen molar-refractivity contribution >= 4 is 17.6 Å². The highest BCUT2D eigenvalue weighted by Crippen LogP contribution is 2.18. The zero-order valence-corrected chi connectivity index (χ0v) is 15.4. The SMILES string of the molecule is CCN(CC(=O)O)C1CCN(CC(=O)Nc2cc(C)ccc2C)CC1. The highest BCUT2D eigenvalue weighted by Gasteiger charge is 2.25. The first-order valence-electron chi connectivity index (χ1n) is 8.94. The van der Waals surface area contributed by atoms with E-state index in [2.05, 4.69) is 10.2 Å². The first-order valence-corrected chi connectivity index (χ1v) is 8.94. The second-order valence-corrected chi connectivity index (χ2v) is 6.83. The molecule has 2 rings (SSSR count). The number of hydrogen-bond acceptors (Lipinski definition) is 4. The van der Waals surface area contributed by atoms with Gasteiger partial charge in [0.05, 0.1) is 13.1 Å². The number of hydrogen-bond donors (Lipinski definition) is 2.